The fraction of sp³-hybridized carbons (Fsp3) is 0.455. The largest absolute Gasteiger partial charge is 0.350 e. The lowest BCUT2D eigenvalue weighted by atomic mass is 10.2. The lowest BCUT2D eigenvalue weighted by Gasteiger charge is -2.12. The van der Waals surface area contributed by atoms with Gasteiger partial charge in [-0.2, -0.15) is 0 Å². The van der Waals surface area contributed by atoms with Crippen LogP contribution in [0.5, 0.6) is 0 Å². The van der Waals surface area contributed by atoms with Gasteiger partial charge in [0, 0.05) is 12.2 Å². The lowest BCUT2D eigenvalue weighted by molar-refractivity contribution is 0.0938. The van der Waals surface area contributed by atoms with E-state index in [2.05, 4.69) is 22.7 Å². The maximum absolute atomic E-state index is 11.7. The van der Waals surface area contributed by atoms with Crippen molar-refractivity contribution < 1.29 is 4.79 Å². The number of pyridine rings is 1. The molecule has 1 atom stereocenters. The van der Waals surface area contributed by atoms with Crippen molar-refractivity contribution in [2.45, 2.75) is 32.7 Å². The molecule has 0 saturated carbocycles. The standard InChI is InChI=1S/C11H18N4O/c1-3-4-8(2)14-11(16)9-5-6-10(15-12)13-7-9/h5-8H,3-4,12H2,1-2H3,(H,13,15)(H,14,16). The van der Waals surface area contributed by atoms with Crippen molar-refractivity contribution in [3.05, 3.63) is 23.9 Å². The number of anilines is 1. The molecule has 0 aliphatic rings. The van der Waals surface area contributed by atoms with Gasteiger partial charge in [-0.25, -0.2) is 10.8 Å². The van der Waals surface area contributed by atoms with Crippen LogP contribution in [0.1, 0.15) is 37.0 Å². The van der Waals surface area contributed by atoms with Gasteiger partial charge in [-0.1, -0.05) is 13.3 Å². The number of aromatic nitrogens is 1. The Hall–Kier alpha value is -1.62. The van der Waals surface area contributed by atoms with Gasteiger partial charge in [0.15, 0.2) is 0 Å². The van der Waals surface area contributed by atoms with E-state index < -0.39 is 0 Å². The van der Waals surface area contributed by atoms with Gasteiger partial charge in [0.05, 0.1) is 5.56 Å². The average molecular weight is 222 g/mol. The van der Waals surface area contributed by atoms with Crippen LogP contribution in [0.2, 0.25) is 0 Å². The summed E-state index contributed by atoms with van der Waals surface area (Å²) in [6, 6.07) is 3.54. The van der Waals surface area contributed by atoms with E-state index in [1.807, 2.05) is 6.92 Å². The summed E-state index contributed by atoms with van der Waals surface area (Å²) >= 11 is 0. The third kappa shape index (κ3) is 3.51. The summed E-state index contributed by atoms with van der Waals surface area (Å²) in [5, 5.41) is 2.90. The highest BCUT2D eigenvalue weighted by molar-refractivity contribution is 5.94. The number of hydrogen-bond donors (Lipinski definition) is 3. The number of carbonyl (C=O) groups excluding carboxylic acids is 1. The van der Waals surface area contributed by atoms with Crippen molar-refractivity contribution >= 4 is 11.7 Å². The molecular weight excluding hydrogens is 204 g/mol. The van der Waals surface area contributed by atoms with Crippen LogP contribution in [0, 0.1) is 0 Å². The van der Waals surface area contributed by atoms with Crippen molar-refractivity contribution in [3.63, 3.8) is 0 Å². The minimum Gasteiger partial charge on any atom is -0.350 e. The molecule has 0 radical (unpaired) electrons. The first-order chi connectivity index (χ1) is 7.67. The molecule has 0 fully saturated rings. The second-order valence-corrected chi connectivity index (χ2v) is 3.74. The molecule has 5 nitrogen and oxygen atoms in total. The molecule has 16 heavy (non-hydrogen) atoms. The number of nitrogens with one attached hydrogen (secondary N) is 2. The van der Waals surface area contributed by atoms with Crippen LogP contribution in [0.15, 0.2) is 18.3 Å². The molecule has 1 rings (SSSR count). The van der Waals surface area contributed by atoms with Gasteiger partial charge < -0.3 is 10.7 Å². The van der Waals surface area contributed by atoms with Crippen molar-refractivity contribution in [1.82, 2.24) is 10.3 Å². The summed E-state index contributed by atoms with van der Waals surface area (Å²) in [6.07, 6.45) is 3.53. The van der Waals surface area contributed by atoms with Gasteiger partial charge in [0.25, 0.3) is 5.91 Å². The lowest BCUT2D eigenvalue weighted by Crippen LogP contribution is -2.32. The van der Waals surface area contributed by atoms with E-state index in [0.29, 0.717) is 11.4 Å². The fourth-order valence-corrected chi connectivity index (χ4v) is 1.43. The Morgan fingerprint density at radius 2 is 2.31 bits per heavy atom. The Morgan fingerprint density at radius 3 is 2.81 bits per heavy atom. The zero-order valence-corrected chi connectivity index (χ0v) is 9.66. The van der Waals surface area contributed by atoms with Crippen molar-refractivity contribution in [1.29, 1.82) is 0 Å². The van der Waals surface area contributed by atoms with Gasteiger partial charge in [0.2, 0.25) is 0 Å². The molecule has 1 unspecified atom stereocenters. The Kier molecular flexibility index (Phi) is 4.72. The number of hydrogen-bond acceptors (Lipinski definition) is 4. The Balaban J connectivity index is 2.59. The van der Waals surface area contributed by atoms with Gasteiger partial charge in [-0.3, -0.25) is 4.79 Å². The molecule has 1 amide bonds. The van der Waals surface area contributed by atoms with E-state index in [-0.39, 0.29) is 11.9 Å². The second-order valence-electron chi connectivity index (χ2n) is 3.74. The summed E-state index contributed by atoms with van der Waals surface area (Å²) < 4.78 is 0. The minimum atomic E-state index is -0.1000. The average Bonchev–Trinajstić information content (AvgIpc) is 2.29. The zero-order valence-electron chi connectivity index (χ0n) is 9.66. The first-order valence-corrected chi connectivity index (χ1v) is 5.41. The molecule has 1 aromatic rings. The molecule has 88 valence electrons. The number of nitrogen functional groups attached to an aromatic ring is 1. The third-order valence-electron chi connectivity index (χ3n) is 2.27. The molecule has 0 aliphatic heterocycles. The summed E-state index contributed by atoms with van der Waals surface area (Å²) in [5.74, 6) is 5.62. The minimum absolute atomic E-state index is 0.1000. The van der Waals surface area contributed by atoms with E-state index in [4.69, 9.17) is 5.84 Å². The van der Waals surface area contributed by atoms with E-state index in [1.54, 1.807) is 12.1 Å². The molecule has 5 heteroatoms. The van der Waals surface area contributed by atoms with Gasteiger partial charge in [-0.15, -0.1) is 0 Å². The molecular formula is C11H18N4O. The van der Waals surface area contributed by atoms with Crippen LogP contribution >= 0.6 is 0 Å². The summed E-state index contributed by atoms with van der Waals surface area (Å²) in [5.41, 5.74) is 2.95. The predicted molar refractivity (Wildman–Crippen MR) is 63.9 cm³/mol. The third-order valence-corrected chi connectivity index (χ3v) is 2.27. The maximum atomic E-state index is 11.7. The highest BCUT2D eigenvalue weighted by Crippen LogP contribution is 2.04. The van der Waals surface area contributed by atoms with Crippen molar-refractivity contribution in [2.24, 2.45) is 5.84 Å². The smallest absolute Gasteiger partial charge is 0.253 e. The number of nitrogens with two attached hydrogens (primary N) is 1. The van der Waals surface area contributed by atoms with Crippen LogP contribution in [0.4, 0.5) is 5.82 Å². The fourth-order valence-electron chi connectivity index (χ4n) is 1.43. The Labute approximate surface area is 95.4 Å². The molecule has 1 aromatic heterocycles. The molecule has 4 N–H and O–H groups in total. The van der Waals surface area contributed by atoms with E-state index >= 15 is 0 Å². The Morgan fingerprint density at radius 1 is 1.56 bits per heavy atom. The first-order valence-electron chi connectivity index (χ1n) is 5.41. The number of hydrazine groups is 1. The number of rotatable bonds is 5. The van der Waals surface area contributed by atoms with Crippen molar-refractivity contribution in [2.75, 3.05) is 5.43 Å². The predicted octanol–water partition coefficient (Wildman–Crippen LogP) is 1.29. The molecule has 0 aliphatic carbocycles. The van der Waals surface area contributed by atoms with Gasteiger partial charge in [-0.05, 0) is 25.5 Å². The van der Waals surface area contributed by atoms with Crippen LogP contribution in [-0.2, 0) is 0 Å². The van der Waals surface area contributed by atoms with E-state index in [0.717, 1.165) is 12.8 Å². The van der Waals surface area contributed by atoms with Crippen LogP contribution in [0.3, 0.4) is 0 Å². The quantitative estimate of drug-likeness (QED) is 0.518. The van der Waals surface area contributed by atoms with Crippen LogP contribution in [0.25, 0.3) is 0 Å². The number of nitrogens with zero attached hydrogens (tertiary/aromatic N) is 1. The monoisotopic (exact) mass is 222 g/mol. The molecule has 1 heterocycles. The van der Waals surface area contributed by atoms with Gasteiger partial charge >= 0.3 is 0 Å². The zero-order chi connectivity index (χ0) is 12.0. The SMILES string of the molecule is CCCC(C)NC(=O)c1ccc(NN)nc1. The van der Waals surface area contributed by atoms with E-state index in [9.17, 15) is 4.79 Å². The summed E-state index contributed by atoms with van der Waals surface area (Å²) in [4.78, 5) is 15.7. The summed E-state index contributed by atoms with van der Waals surface area (Å²) in [7, 11) is 0. The molecule has 0 spiro atoms. The van der Waals surface area contributed by atoms with Gasteiger partial charge in [0.1, 0.15) is 5.82 Å². The van der Waals surface area contributed by atoms with Crippen LogP contribution in [-0.4, -0.2) is 16.9 Å². The number of amides is 1. The molecule has 0 saturated heterocycles. The number of carbonyl (C=O) groups is 1. The highest BCUT2D eigenvalue weighted by Gasteiger charge is 2.09. The van der Waals surface area contributed by atoms with Crippen molar-refractivity contribution in [3.8, 4) is 0 Å². The normalized spacial score (nSPS) is 11.9. The van der Waals surface area contributed by atoms with Crippen LogP contribution < -0.4 is 16.6 Å². The highest BCUT2D eigenvalue weighted by atomic mass is 16.1. The first kappa shape index (κ1) is 12.4. The molecule has 0 aromatic carbocycles. The molecule has 0 bridgehead atoms. The summed E-state index contributed by atoms with van der Waals surface area (Å²) in [6.45, 7) is 4.08. The topological polar surface area (TPSA) is 80.0 Å². The van der Waals surface area contributed by atoms with E-state index in [1.165, 1.54) is 6.20 Å². The second kappa shape index (κ2) is 6.07. The maximum Gasteiger partial charge on any atom is 0.253 e. The Bertz CT molecular complexity index is 336.